The molecule has 2 fully saturated rings. The van der Waals surface area contributed by atoms with Crippen molar-refractivity contribution in [1.29, 1.82) is 0 Å². The van der Waals surface area contributed by atoms with Crippen molar-refractivity contribution in [1.82, 2.24) is 24.5 Å². The van der Waals surface area contributed by atoms with Gasteiger partial charge in [0, 0.05) is 56.0 Å². The van der Waals surface area contributed by atoms with Crippen LogP contribution < -0.4 is 0 Å². The second-order valence-electron chi connectivity index (χ2n) is 9.89. The molecule has 0 bridgehead atoms. The molecule has 2 aromatic carbocycles. The van der Waals surface area contributed by atoms with Crippen molar-refractivity contribution in [2.75, 3.05) is 59.5 Å². The van der Waals surface area contributed by atoms with Crippen LogP contribution in [0.5, 0.6) is 0 Å². The topological polar surface area (TPSA) is 105 Å². The number of aromatic nitrogens is 2. The lowest BCUT2D eigenvalue weighted by Gasteiger charge is -2.32. The third-order valence-electron chi connectivity index (χ3n) is 7.42. The van der Waals surface area contributed by atoms with Crippen molar-refractivity contribution < 1.29 is 22.7 Å². The zero-order valence-electron chi connectivity index (χ0n) is 21.2. The molecule has 1 aromatic heterocycles. The minimum Gasteiger partial charge on any atom is -0.378 e. The van der Waals surface area contributed by atoms with Crippen molar-refractivity contribution in [3.8, 4) is 16.9 Å². The van der Waals surface area contributed by atoms with E-state index in [4.69, 9.17) is 9.84 Å². The first kappa shape index (κ1) is 24.8. The minimum atomic E-state index is -3.67. The van der Waals surface area contributed by atoms with Gasteiger partial charge in [0.25, 0.3) is 11.8 Å². The van der Waals surface area contributed by atoms with Gasteiger partial charge in [0.2, 0.25) is 0 Å². The number of rotatable bonds is 3. The van der Waals surface area contributed by atoms with Crippen LogP contribution in [0.1, 0.15) is 26.4 Å². The van der Waals surface area contributed by atoms with Gasteiger partial charge < -0.3 is 19.4 Å². The highest BCUT2D eigenvalue weighted by Crippen LogP contribution is 2.41. The molecule has 0 spiro atoms. The molecule has 11 heteroatoms. The van der Waals surface area contributed by atoms with Gasteiger partial charge in [0.1, 0.15) is 0 Å². The lowest BCUT2D eigenvalue weighted by molar-refractivity contribution is 0.0298. The second-order valence-corrected chi connectivity index (χ2v) is 11.9. The van der Waals surface area contributed by atoms with E-state index in [1.165, 1.54) is 0 Å². The first-order chi connectivity index (χ1) is 18.3. The van der Waals surface area contributed by atoms with Crippen molar-refractivity contribution in [2.24, 2.45) is 0 Å². The van der Waals surface area contributed by atoms with Crippen LogP contribution in [0.25, 0.3) is 16.9 Å². The number of benzene rings is 2. The van der Waals surface area contributed by atoms with E-state index in [0.717, 1.165) is 13.1 Å². The van der Waals surface area contributed by atoms with Crippen LogP contribution in [-0.2, 0) is 20.3 Å². The van der Waals surface area contributed by atoms with Gasteiger partial charge in [-0.3, -0.25) is 9.59 Å². The number of ether oxygens (including phenoxy) is 1. The molecule has 38 heavy (non-hydrogen) atoms. The van der Waals surface area contributed by atoms with Gasteiger partial charge in [0.15, 0.2) is 15.5 Å². The Morgan fingerprint density at radius 2 is 1.58 bits per heavy atom. The van der Waals surface area contributed by atoms with E-state index in [0.29, 0.717) is 67.5 Å². The Hall–Kier alpha value is -3.54. The molecule has 0 aliphatic carbocycles. The average Bonchev–Trinajstić information content (AvgIpc) is 3.32. The highest BCUT2D eigenvalue weighted by molar-refractivity contribution is 7.90. The molecular formula is C27H29N5O5S. The molecule has 2 saturated heterocycles. The molecule has 0 atom stereocenters. The first-order valence-electron chi connectivity index (χ1n) is 12.7. The highest BCUT2D eigenvalue weighted by atomic mass is 32.2. The van der Waals surface area contributed by atoms with Crippen LogP contribution >= 0.6 is 0 Å². The second kappa shape index (κ2) is 9.64. The Kier molecular flexibility index (Phi) is 6.29. The van der Waals surface area contributed by atoms with Gasteiger partial charge >= 0.3 is 0 Å². The average molecular weight is 536 g/mol. The standard InChI is InChI=1S/C27H29N5O5S/c1-29-9-11-30(12-10-29)26(33)19-5-4-6-20(17-19)32-25-21-7-2-3-8-23(21)38(35,36)18-22(25)24(28-32)27(34)31-13-15-37-16-14-31/h2-8,17H,9-16,18H2,1H3. The van der Waals surface area contributed by atoms with Gasteiger partial charge in [-0.05, 0) is 31.3 Å². The van der Waals surface area contributed by atoms with E-state index >= 15 is 0 Å². The molecule has 0 saturated carbocycles. The van der Waals surface area contributed by atoms with Gasteiger partial charge in [-0.15, -0.1) is 0 Å². The van der Waals surface area contributed by atoms with Crippen LogP contribution in [0.3, 0.4) is 0 Å². The highest BCUT2D eigenvalue weighted by Gasteiger charge is 2.37. The Morgan fingerprint density at radius 3 is 2.34 bits per heavy atom. The molecule has 6 rings (SSSR count). The molecule has 0 N–H and O–H groups in total. The summed E-state index contributed by atoms with van der Waals surface area (Å²) in [5, 5.41) is 4.71. The maximum Gasteiger partial charge on any atom is 0.274 e. The molecule has 4 heterocycles. The molecule has 2 amide bonds. The monoisotopic (exact) mass is 535 g/mol. The minimum absolute atomic E-state index is 0.0615. The number of nitrogens with zero attached hydrogens (tertiary/aromatic N) is 5. The fourth-order valence-electron chi connectivity index (χ4n) is 5.30. The Morgan fingerprint density at radius 1 is 0.868 bits per heavy atom. The zero-order chi connectivity index (χ0) is 26.4. The van der Waals surface area contributed by atoms with Gasteiger partial charge in [-0.1, -0.05) is 24.3 Å². The van der Waals surface area contributed by atoms with E-state index in [-0.39, 0.29) is 28.2 Å². The maximum absolute atomic E-state index is 13.6. The van der Waals surface area contributed by atoms with Crippen LogP contribution in [0, 0.1) is 0 Å². The molecule has 3 aliphatic heterocycles. The third kappa shape index (κ3) is 4.30. The summed E-state index contributed by atoms with van der Waals surface area (Å²) in [6, 6.07) is 14.0. The summed E-state index contributed by atoms with van der Waals surface area (Å²) < 4.78 is 33.5. The van der Waals surface area contributed by atoms with E-state index < -0.39 is 9.84 Å². The number of hydrogen-bond acceptors (Lipinski definition) is 7. The first-order valence-corrected chi connectivity index (χ1v) is 14.4. The lowest BCUT2D eigenvalue weighted by atomic mass is 10.0. The fraction of sp³-hybridized carbons (Fsp3) is 0.370. The lowest BCUT2D eigenvalue weighted by Crippen LogP contribution is -2.47. The van der Waals surface area contributed by atoms with Crippen molar-refractivity contribution in [2.45, 2.75) is 10.6 Å². The molecule has 10 nitrogen and oxygen atoms in total. The van der Waals surface area contributed by atoms with Crippen molar-refractivity contribution in [3.05, 3.63) is 65.4 Å². The largest absolute Gasteiger partial charge is 0.378 e. The van der Waals surface area contributed by atoms with Crippen LogP contribution in [0.4, 0.5) is 0 Å². The number of fused-ring (bicyclic) bond motifs is 3. The summed E-state index contributed by atoms with van der Waals surface area (Å²) >= 11 is 0. The number of sulfone groups is 1. The summed E-state index contributed by atoms with van der Waals surface area (Å²) in [6.45, 7) is 4.61. The van der Waals surface area contributed by atoms with E-state index in [1.54, 1.807) is 52.0 Å². The van der Waals surface area contributed by atoms with Crippen LogP contribution in [0.2, 0.25) is 0 Å². The number of piperazine rings is 1. The molecule has 3 aromatic rings. The number of carbonyl (C=O) groups is 2. The Labute approximate surface area is 221 Å². The van der Waals surface area contributed by atoms with Crippen molar-refractivity contribution in [3.63, 3.8) is 0 Å². The SMILES string of the molecule is CN1CCN(C(=O)c2cccc(-n3nc(C(=O)N4CCOCC4)c4c3-c3ccccc3S(=O)(=O)C4)c2)CC1. The fourth-order valence-corrected chi connectivity index (χ4v) is 6.90. The number of hydrogen-bond donors (Lipinski definition) is 0. The molecule has 0 unspecified atom stereocenters. The molecule has 3 aliphatic rings. The van der Waals surface area contributed by atoms with E-state index in [1.807, 2.05) is 18.0 Å². The molecular weight excluding hydrogens is 506 g/mol. The molecule has 198 valence electrons. The van der Waals surface area contributed by atoms with E-state index in [9.17, 15) is 18.0 Å². The summed E-state index contributed by atoms with van der Waals surface area (Å²) in [5.74, 6) is -0.693. The zero-order valence-corrected chi connectivity index (χ0v) is 22.0. The predicted molar refractivity (Wildman–Crippen MR) is 140 cm³/mol. The summed E-state index contributed by atoms with van der Waals surface area (Å²) in [7, 11) is -1.63. The Bertz CT molecular complexity index is 1520. The van der Waals surface area contributed by atoms with E-state index in [2.05, 4.69) is 4.90 Å². The predicted octanol–water partition coefficient (Wildman–Crippen LogP) is 1.69. The summed E-state index contributed by atoms with van der Waals surface area (Å²) in [5.41, 5.74) is 2.69. The molecule has 0 radical (unpaired) electrons. The van der Waals surface area contributed by atoms with Gasteiger partial charge in [0.05, 0.1) is 35.2 Å². The van der Waals surface area contributed by atoms with Gasteiger partial charge in [-0.25, -0.2) is 13.1 Å². The summed E-state index contributed by atoms with van der Waals surface area (Å²) in [4.78, 5) is 32.8. The quantitative estimate of drug-likeness (QED) is 0.503. The maximum atomic E-state index is 13.6. The Balaban J connectivity index is 1.47. The third-order valence-corrected chi connectivity index (χ3v) is 9.12. The van der Waals surface area contributed by atoms with Crippen LogP contribution in [0.15, 0.2) is 53.4 Å². The summed E-state index contributed by atoms with van der Waals surface area (Å²) in [6.07, 6.45) is 0. The number of amides is 2. The smallest absolute Gasteiger partial charge is 0.274 e. The van der Waals surface area contributed by atoms with Crippen molar-refractivity contribution >= 4 is 21.7 Å². The van der Waals surface area contributed by atoms with Crippen LogP contribution in [-0.4, -0.2) is 104 Å². The number of likely N-dealkylation sites (N-methyl/N-ethyl adjacent to an activating group) is 1. The number of carbonyl (C=O) groups excluding carboxylic acids is 2. The van der Waals surface area contributed by atoms with Gasteiger partial charge in [-0.2, -0.15) is 5.10 Å². The number of morpholine rings is 1. The normalized spacial score (nSPS) is 19.1.